The number of nitrogens with one attached hydrogen (secondary N) is 1. The average molecular weight is 233 g/mol. The molecule has 0 unspecified atom stereocenters. The van der Waals surface area contributed by atoms with Crippen molar-refractivity contribution < 1.29 is 9.53 Å². The fourth-order valence-corrected chi connectivity index (χ4v) is 2.09. The summed E-state index contributed by atoms with van der Waals surface area (Å²) in [6.07, 6.45) is 2.72. The molecule has 1 aromatic rings. The third kappa shape index (κ3) is 4.19. The van der Waals surface area contributed by atoms with Gasteiger partial charge in [-0.15, -0.1) is 0 Å². The monoisotopic (exact) mass is 233 g/mol. The van der Waals surface area contributed by atoms with E-state index >= 15 is 0 Å². The van der Waals surface area contributed by atoms with Crippen molar-refractivity contribution in [1.82, 2.24) is 5.32 Å². The summed E-state index contributed by atoms with van der Waals surface area (Å²) in [6, 6.07) is 9.72. The van der Waals surface area contributed by atoms with Crippen molar-refractivity contribution in [3.05, 3.63) is 35.9 Å². The van der Waals surface area contributed by atoms with Crippen molar-refractivity contribution >= 4 is 5.97 Å². The van der Waals surface area contributed by atoms with Crippen LogP contribution in [-0.2, 0) is 16.0 Å². The number of hydrogen-bond acceptors (Lipinski definition) is 3. The van der Waals surface area contributed by atoms with Gasteiger partial charge in [0.25, 0.3) is 0 Å². The lowest BCUT2D eigenvalue weighted by Crippen LogP contribution is -2.33. The van der Waals surface area contributed by atoms with Crippen LogP contribution in [0.1, 0.15) is 18.4 Å². The molecular formula is C14H19NO2. The third-order valence-electron chi connectivity index (χ3n) is 3.07. The molecule has 1 saturated heterocycles. The lowest BCUT2D eigenvalue weighted by atomic mass is 10.0. The predicted molar refractivity (Wildman–Crippen MR) is 66.7 cm³/mol. The fourth-order valence-electron chi connectivity index (χ4n) is 2.09. The predicted octanol–water partition coefficient (Wildman–Crippen LogP) is 1.77. The van der Waals surface area contributed by atoms with Crippen LogP contribution in [0, 0.1) is 5.92 Å². The van der Waals surface area contributed by atoms with Crippen molar-refractivity contribution in [3.8, 4) is 0 Å². The second-order valence-corrected chi connectivity index (χ2v) is 4.56. The van der Waals surface area contributed by atoms with Gasteiger partial charge >= 0.3 is 5.97 Å². The van der Waals surface area contributed by atoms with Gasteiger partial charge in [0, 0.05) is 12.5 Å². The van der Waals surface area contributed by atoms with Gasteiger partial charge in [0.15, 0.2) is 0 Å². The molecule has 3 nitrogen and oxygen atoms in total. The van der Waals surface area contributed by atoms with Gasteiger partial charge in [-0.05, 0) is 24.9 Å². The number of hydrogen-bond donors (Lipinski definition) is 1. The van der Waals surface area contributed by atoms with Gasteiger partial charge in [0.05, 0.1) is 13.0 Å². The van der Waals surface area contributed by atoms with E-state index in [2.05, 4.69) is 5.32 Å². The molecule has 17 heavy (non-hydrogen) atoms. The summed E-state index contributed by atoms with van der Waals surface area (Å²) in [4.78, 5) is 11.6. The summed E-state index contributed by atoms with van der Waals surface area (Å²) in [7, 11) is 0. The molecule has 1 aromatic carbocycles. The van der Waals surface area contributed by atoms with Crippen molar-refractivity contribution in [2.24, 2.45) is 5.92 Å². The maximum Gasteiger partial charge on any atom is 0.310 e. The van der Waals surface area contributed by atoms with E-state index in [0.29, 0.717) is 18.9 Å². The van der Waals surface area contributed by atoms with Crippen LogP contribution >= 0.6 is 0 Å². The molecular weight excluding hydrogens is 214 g/mol. The van der Waals surface area contributed by atoms with Crippen LogP contribution in [0.3, 0.4) is 0 Å². The summed E-state index contributed by atoms with van der Waals surface area (Å²) in [5, 5.41) is 3.32. The highest BCUT2D eigenvalue weighted by Gasteiger charge is 2.15. The third-order valence-corrected chi connectivity index (χ3v) is 3.07. The maximum atomic E-state index is 11.6. The molecule has 0 spiro atoms. The smallest absolute Gasteiger partial charge is 0.310 e. The number of carbonyl (C=O) groups is 1. The largest absolute Gasteiger partial charge is 0.465 e. The molecule has 0 amide bonds. The molecule has 0 radical (unpaired) electrons. The van der Waals surface area contributed by atoms with Gasteiger partial charge in [-0.1, -0.05) is 30.3 Å². The molecule has 1 atom stereocenters. The Hall–Kier alpha value is -1.35. The molecule has 3 heteroatoms. The quantitative estimate of drug-likeness (QED) is 0.805. The number of piperidine rings is 1. The lowest BCUT2D eigenvalue weighted by molar-refractivity contribution is -0.144. The molecule has 2 rings (SSSR count). The SMILES string of the molecule is O=C(Cc1ccccc1)OC[C@H]1CCCNC1. The second-order valence-electron chi connectivity index (χ2n) is 4.56. The van der Waals surface area contributed by atoms with Crippen LogP contribution in [0.15, 0.2) is 30.3 Å². The Balaban J connectivity index is 1.70. The first-order valence-corrected chi connectivity index (χ1v) is 6.25. The topological polar surface area (TPSA) is 38.3 Å². The van der Waals surface area contributed by atoms with Gasteiger partial charge in [0.1, 0.15) is 0 Å². The van der Waals surface area contributed by atoms with Crippen molar-refractivity contribution in [3.63, 3.8) is 0 Å². The maximum absolute atomic E-state index is 11.6. The summed E-state index contributed by atoms with van der Waals surface area (Å²) >= 11 is 0. The van der Waals surface area contributed by atoms with E-state index in [1.165, 1.54) is 6.42 Å². The van der Waals surface area contributed by atoms with Crippen LogP contribution in [-0.4, -0.2) is 25.7 Å². The Morgan fingerprint density at radius 2 is 2.18 bits per heavy atom. The number of ether oxygens (including phenoxy) is 1. The molecule has 1 N–H and O–H groups in total. The van der Waals surface area contributed by atoms with Crippen LogP contribution in [0.4, 0.5) is 0 Å². The fraction of sp³-hybridized carbons (Fsp3) is 0.500. The summed E-state index contributed by atoms with van der Waals surface area (Å²) in [5.41, 5.74) is 1.01. The zero-order chi connectivity index (χ0) is 11.9. The summed E-state index contributed by atoms with van der Waals surface area (Å²) in [5.74, 6) is 0.366. The van der Waals surface area contributed by atoms with Gasteiger partial charge in [-0.25, -0.2) is 0 Å². The normalized spacial score (nSPS) is 19.9. The van der Waals surface area contributed by atoms with E-state index in [9.17, 15) is 4.79 Å². The van der Waals surface area contributed by atoms with Gasteiger partial charge in [-0.2, -0.15) is 0 Å². The van der Waals surface area contributed by atoms with Crippen molar-refractivity contribution in [2.45, 2.75) is 19.3 Å². The molecule has 1 aliphatic heterocycles. The minimum Gasteiger partial charge on any atom is -0.465 e. The lowest BCUT2D eigenvalue weighted by Gasteiger charge is -2.22. The van der Waals surface area contributed by atoms with Crippen LogP contribution in [0.2, 0.25) is 0 Å². The minimum atomic E-state index is -0.123. The van der Waals surface area contributed by atoms with Crippen molar-refractivity contribution in [1.29, 1.82) is 0 Å². The number of esters is 1. The Labute approximate surface area is 102 Å². The molecule has 1 aliphatic rings. The van der Waals surface area contributed by atoms with E-state index in [4.69, 9.17) is 4.74 Å². The Morgan fingerprint density at radius 3 is 2.88 bits per heavy atom. The van der Waals surface area contributed by atoms with E-state index in [1.807, 2.05) is 30.3 Å². The first-order chi connectivity index (χ1) is 8.34. The van der Waals surface area contributed by atoms with E-state index in [1.54, 1.807) is 0 Å². The molecule has 92 valence electrons. The molecule has 0 bridgehead atoms. The summed E-state index contributed by atoms with van der Waals surface area (Å²) in [6.45, 7) is 2.62. The summed E-state index contributed by atoms with van der Waals surface area (Å²) < 4.78 is 5.31. The highest BCUT2D eigenvalue weighted by molar-refractivity contribution is 5.72. The molecule has 0 saturated carbocycles. The first kappa shape index (κ1) is 12.1. The highest BCUT2D eigenvalue weighted by Crippen LogP contribution is 2.10. The Kier molecular flexibility index (Phi) is 4.56. The van der Waals surface area contributed by atoms with E-state index in [0.717, 1.165) is 25.1 Å². The standard InChI is InChI=1S/C14H19NO2/c16-14(9-12-5-2-1-3-6-12)17-11-13-7-4-8-15-10-13/h1-3,5-6,13,15H,4,7-11H2/t13-/m0/s1. The van der Waals surface area contributed by atoms with Crippen molar-refractivity contribution in [2.75, 3.05) is 19.7 Å². The Morgan fingerprint density at radius 1 is 1.35 bits per heavy atom. The van der Waals surface area contributed by atoms with Gasteiger partial charge < -0.3 is 10.1 Å². The molecule has 1 fully saturated rings. The Bertz CT molecular complexity index is 344. The second kappa shape index (κ2) is 6.40. The van der Waals surface area contributed by atoms with Gasteiger partial charge in [-0.3, -0.25) is 4.79 Å². The van der Waals surface area contributed by atoms with Crippen LogP contribution < -0.4 is 5.32 Å². The zero-order valence-corrected chi connectivity index (χ0v) is 10.0. The van der Waals surface area contributed by atoms with Gasteiger partial charge in [0.2, 0.25) is 0 Å². The number of rotatable bonds is 4. The molecule has 1 heterocycles. The zero-order valence-electron chi connectivity index (χ0n) is 10.0. The number of benzene rings is 1. The van der Waals surface area contributed by atoms with Crippen LogP contribution in [0.5, 0.6) is 0 Å². The minimum absolute atomic E-state index is 0.123. The van der Waals surface area contributed by atoms with E-state index < -0.39 is 0 Å². The van der Waals surface area contributed by atoms with E-state index in [-0.39, 0.29) is 5.97 Å². The van der Waals surface area contributed by atoms with Crippen LogP contribution in [0.25, 0.3) is 0 Å². The molecule has 0 aliphatic carbocycles. The number of carbonyl (C=O) groups excluding carboxylic acids is 1. The first-order valence-electron chi connectivity index (χ1n) is 6.25. The average Bonchev–Trinajstić information content (AvgIpc) is 2.39. The molecule has 0 aromatic heterocycles. The highest BCUT2D eigenvalue weighted by atomic mass is 16.5.